The highest BCUT2D eigenvalue weighted by Crippen LogP contribution is 2.22. The largest absolute Gasteiger partial charge is 0.497 e. The molecule has 0 aromatic heterocycles. The maximum atomic E-state index is 11.9. The first-order valence-electron chi connectivity index (χ1n) is 6.59. The van der Waals surface area contributed by atoms with Gasteiger partial charge in [-0.3, -0.25) is 0 Å². The van der Waals surface area contributed by atoms with Gasteiger partial charge in [-0.25, -0.2) is 9.59 Å². The molecule has 0 heterocycles. The molecular weight excluding hydrogens is 260 g/mol. The fraction of sp³-hybridized carbons (Fsp3) is 0.429. The number of carboxylic acids is 1. The molecule has 1 saturated carbocycles. The summed E-state index contributed by atoms with van der Waals surface area (Å²) in [6.45, 7) is 0. The van der Waals surface area contributed by atoms with Gasteiger partial charge in [-0.15, -0.1) is 0 Å². The van der Waals surface area contributed by atoms with Crippen molar-refractivity contribution >= 4 is 17.7 Å². The third-order valence-electron chi connectivity index (χ3n) is 3.40. The highest BCUT2D eigenvalue weighted by Gasteiger charge is 2.19. The van der Waals surface area contributed by atoms with Crippen molar-refractivity contribution < 1.29 is 19.4 Å². The average Bonchev–Trinajstić information content (AvgIpc) is 2.91. The number of aromatic carboxylic acids is 1. The second kappa shape index (κ2) is 6.27. The van der Waals surface area contributed by atoms with Crippen LogP contribution in [0.5, 0.6) is 5.75 Å². The molecule has 1 aromatic carbocycles. The van der Waals surface area contributed by atoms with Gasteiger partial charge >= 0.3 is 12.0 Å². The molecule has 0 bridgehead atoms. The van der Waals surface area contributed by atoms with Crippen LogP contribution in [0.15, 0.2) is 18.2 Å². The third-order valence-corrected chi connectivity index (χ3v) is 3.40. The number of nitrogens with one attached hydrogen (secondary N) is 2. The molecule has 6 heteroatoms. The monoisotopic (exact) mass is 278 g/mol. The van der Waals surface area contributed by atoms with Crippen LogP contribution in [0.4, 0.5) is 10.5 Å². The minimum atomic E-state index is -1.11. The molecule has 2 rings (SSSR count). The Morgan fingerprint density at radius 2 is 2.00 bits per heavy atom. The number of rotatable bonds is 4. The standard InChI is InChI=1S/C14H18N2O4/c1-20-10-6-7-12(11(8-10)13(17)18)16-14(19)15-9-4-2-3-5-9/h6-9H,2-5H2,1H3,(H,17,18)(H2,15,16,19). The summed E-state index contributed by atoms with van der Waals surface area (Å²) in [6, 6.07) is 4.33. The number of carboxylic acid groups (broad SMARTS) is 1. The van der Waals surface area contributed by atoms with Crippen molar-refractivity contribution in [1.82, 2.24) is 5.32 Å². The molecule has 2 amide bonds. The van der Waals surface area contributed by atoms with Crippen LogP contribution in [-0.4, -0.2) is 30.3 Å². The Morgan fingerprint density at radius 1 is 1.30 bits per heavy atom. The predicted molar refractivity (Wildman–Crippen MR) is 74.4 cm³/mol. The molecule has 3 N–H and O–H groups in total. The fourth-order valence-corrected chi connectivity index (χ4v) is 2.35. The molecule has 20 heavy (non-hydrogen) atoms. The number of anilines is 1. The summed E-state index contributed by atoms with van der Waals surface area (Å²) in [5.41, 5.74) is 0.264. The van der Waals surface area contributed by atoms with E-state index in [9.17, 15) is 9.59 Å². The number of hydrogen-bond acceptors (Lipinski definition) is 3. The first-order valence-corrected chi connectivity index (χ1v) is 6.59. The van der Waals surface area contributed by atoms with Crippen molar-refractivity contribution in [3.05, 3.63) is 23.8 Å². The van der Waals surface area contributed by atoms with Gasteiger partial charge < -0.3 is 20.5 Å². The van der Waals surface area contributed by atoms with Crippen molar-refractivity contribution in [1.29, 1.82) is 0 Å². The molecule has 0 atom stereocenters. The summed E-state index contributed by atoms with van der Waals surface area (Å²) in [5.74, 6) is -0.677. The van der Waals surface area contributed by atoms with Crippen LogP contribution < -0.4 is 15.4 Å². The van der Waals surface area contributed by atoms with Gasteiger partial charge in [0.2, 0.25) is 0 Å². The molecule has 6 nitrogen and oxygen atoms in total. The zero-order valence-corrected chi connectivity index (χ0v) is 11.3. The summed E-state index contributed by atoms with van der Waals surface area (Å²) in [4.78, 5) is 23.0. The first-order chi connectivity index (χ1) is 9.60. The number of methoxy groups -OCH3 is 1. The van der Waals surface area contributed by atoms with Crippen LogP contribution in [0, 0.1) is 0 Å². The smallest absolute Gasteiger partial charge is 0.337 e. The van der Waals surface area contributed by atoms with E-state index in [1.165, 1.54) is 19.2 Å². The lowest BCUT2D eigenvalue weighted by atomic mass is 10.1. The van der Waals surface area contributed by atoms with E-state index in [2.05, 4.69) is 10.6 Å². The molecule has 0 saturated heterocycles. The third kappa shape index (κ3) is 3.40. The summed E-state index contributed by atoms with van der Waals surface area (Å²) in [7, 11) is 1.46. The summed E-state index contributed by atoms with van der Waals surface area (Å²) in [6.07, 6.45) is 4.19. The van der Waals surface area contributed by atoms with Crippen LogP contribution in [0.2, 0.25) is 0 Å². The van der Waals surface area contributed by atoms with E-state index in [1.807, 2.05) is 0 Å². The second-order valence-electron chi connectivity index (χ2n) is 4.80. The lowest BCUT2D eigenvalue weighted by Crippen LogP contribution is -2.36. The Balaban J connectivity index is 2.07. The second-order valence-corrected chi connectivity index (χ2v) is 4.80. The zero-order valence-electron chi connectivity index (χ0n) is 11.3. The molecule has 1 aliphatic rings. The minimum Gasteiger partial charge on any atom is -0.497 e. The van der Waals surface area contributed by atoms with E-state index in [4.69, 9.17) is 9.84 Å². The Morgan fingerprint density at radius 3 is 2.60 bits per heavy atom. The number of benzene rings is 1. The van der Waals surface area contributed by atoms with Gasteiger partial charge in [-0.1, -0.05) is 12.8 Å². The number of urea groups is 1. The summed E-state index contributed by atoms with van der Waals surface area (Å²) in [5, 5.41) is 14.6. The van der Waals surface area contributed by atoms with Crippen molar-refractivity contribution in [2.24, 2.45) is 0 Å². The summed E-state index contributed by atoms with van der Waals surface area (Å²) >= 11 is 0. The quantitative estimate of drug-likeness (QED) is 0.789. The molecule has 108 valence electrons. The van der Waals surface area contributed by atoms with E-state index in [1.54, 1.807) is 6.07 Å². The van der Waals surface area contributed by atoms with Crippen molar-refractivity contribution in [2.75, 3.05) is 12.4 Å². The van der Waals surface area contributed by atoms with E-state index in [-0.39, 0.29) is 23.3 Å². The maximum Gasteiger partial charge on any atom is 0.337 e. The van der Waals surface area contributed by atoms with Crippen LogP contribution in [-0.2, 0) is 0 Å². The number of carbonyl (C=O) groups is 2. The Hall–Kier alpha value is -2.24. The van der Waals surface area contributed by atoms with Crippen molar-refractivity contribution in [3.63, 3.8) is 0 Å². The van der Waals surface area contributed by atoms with Gasteiger partial charge in [0.05, 0.1) is 18.4 Å². The number of hydrogen-bond donors (Lipinski definition) is 3. The van der Waals surface area contributed by atoms with Gasteiger partial charge in [0.15, 0.2) is 0 Å². The SMILES string of the molecule is COc1ccc(NC(=O)NC2CCCC2)c(C(=O)O)c1. The number of ether oxygens (including phenoxy) is 1. The molecular formula is C14H18N2O4. The topological polar surface area (TPSA) is 87.7 Å². The highest BCUT2D eigenvalue weighted by atomic mass is 16.5. The molecule has 0 radical (unpaired) electrons. The van der Waals surface area contributed by atoms with E-state index >= 15 is 0 Å². The van der Waals surface area contributed by atoms with Gasteiger partial charge in [0.1, 0.15) is 5.75 Å². The van der Waals surface area contributed by atoms with E-state index < -0.39 is 5.97 Å². The maximum absolute atomic E-state index is 11.9. The minimum absolute atomic E-state index is 0.00548. The first kappa shape index (κ1) is 14.2. The molecule has 1 aromatic rings. The van der Waals surface area contributed by atoms with Crippen LogP contribution >= 0.6 is 0 Å². The number of amides is 2. The lowest BCUT2D eigenvalue weighted by molar-refractivity contribution is 0.0697. The Kier molecular flexibility index (Phi) is 4.45. The van der Waals surface area contributed by atoms with Gasteiger partial charge in [-0.2, -0.15) is 0 Å². The normalized spacial score (nSPS) is 14.8. The summed E-state index contributed by atoms with van der Waals surface area (Å²) < 4.78 is 4.98. The molecule has 1 fully saturated rings. The predicted octanol–water partition coefficient (Wildman–Crippen LogP) is 2.46. The lowest BCUT2D eigenvalue weighted by Gasteiger charge is -2.14. The van der Waals surface area contributed by atoms with Gasteiger partial charge in [-0.05, 0) is 31.0 Å². The Labute approximate surface area is 117 Å². The van der Waals surface area contributed by atoms with Crippen molar-refractivity contribution in [3.8, 4) is 5.75 Å². The molecule has 0 unspecified atom stereocenters. The van der Waals surface area contributed by atoms with Gasteiger partial charge in [0, 0.05) is 6.04 Å². The van der Waals surface area contributed by atoms with Crippen LogP contribution in [0.3, 0.4) is 0 Å². The molecule has 1 aliphatic carbocycles. The van der Waals surface area contributed by atoms with Crippen LogP contribution in [0.25, 0.3) is 0 Å². The van der Waals surface area contributed by atoms with Gasteiger partial charge in [0.25, 0.3) is 0 Å². The highest BCUT2D eigenvalue weighted by molar-refractivity contribution is 6.00. The fourth-order valence-electron chi connectivity index (χ4n) is 2.35. The molecule has 0 aliphatic heterocycles. The number of carbonyl (C=O) groups excluding carboxylic acids is 1. The van der Waals surface area contributed by atoms with E-state index in [0.717, 1.165) is 25.7 Å². The van der Waals surface area contributed by atoms with Crippen molar-refractivity contribution in [2.45, 2.75) is 31.7 Å². The average molecular weight is 278 g/mol. The van der Waals surface area contributed by atoms with Crippen LogP contribution in [0.1, 0.15) is 36.0 Å². The molecule has 0 spiro atoms. The van der Waals surface area contributed by atoms with E-state index in [0.29, 0.717) is 5.75 Å². The zero-order chi connectivity index (χ0) is 14.5. The Bertz CT molecular complexity index is 510.